The van der Waals surface area contributed by atoms with Crippen molar-refractivity contribution in [1.82, 2.24) is 0 Å². The first-order chi connectivity index (χ1) is 14.1. The molecule has 1 spiro atoms. The van der Waals surface area contributed by atoms with Gasteiger partial charge in [0.2, 0.25) is 0 Å². The Morgan fingerprint density at radius 3 is 2.67 bits per heavy atom. The van der Waals surface area contributed by atoms with Gasteiger partial charge in [-0.25, -0.2) is 14.4 Å². The van der Waals surface area contributed by atoms with E-state index in [1.54, 1.807) is 32.0 Å². The summed E-state index contributed by atoms with van der Waals surface area (Å²) < 4.78 is 16.6. The van der Waals surface area contributed by atoms with Gasteiger partial charge in [0.25, 0.3) is 0 Å². The van der Waals surface area contributed by atoms with E-state index < -0.39 is 29.4 Å². The van der Waals surface area contributed by atoms with E-state index in [4.69, 9.17) is 19.9 Å². The number of rotatable bonds is 5. The fourth-order valence-electron chi connectivity index (χ4n) is 3.62. The maximum absolute atomic E-state index is 13.3. The van der Waals surface area contributed by atoms with Gasteiger partial charge in [0.05, 0.1) is 6.10 Å². The lowest BCUT2D eigenvalue weighted by atomic mass is 9.67. The summed E-state index contributed by atoms with van der Waals surface area (Å²) in [5.41, 5.74) is 4.65. The highest BCUT2D eigenvalue weighted by Gasteiger charge is 2.63. The third kappa shape index (κ3) is 3.28. The minimum atomic E-state index is -1.94. The molecule has 158 valence electrons. The monoisotopic (exact) mass is 476 g/mol. The average molecular weight is 477 g/mol. The molecule has 0 fully saturated rings. The minimum absolute atomic E-state index is 0.0181. The van der Waals surface area contributed by atoms with Crippen LogP contribution in [0.3, 0.4) is 0 Å². The highest BCUT2D eigenvalue weighted by Crippen LogP contribution is 2.53. The fraction of sp³-hybridized carbons (Fsp3) is 0.286. The van der Waals surface area contributed by atoms with Crippen LogP contribution in [0.5, 0.6) is 0 Å². The molecule has 8 nitrogen and oxygen atoms in total. The van der Waals surface area contributed by atoms with Crippen molar-refractivity contribution in [2.45, 2.75) is 32.3 Å². The molecule has 2 aliphatic heterocycles. The second-order valence-electron chi connectivity index (χ2n) is 7.02. The highest BCUT2D eigenvalue weighted by atomic mass is 79.9. The second-order valence-corrected chi connectivity index (χ2v) is 7.93. The number of benzene rings is 1. The van der Waals surface area contributed by atoms with Crippen molar-refractivity contribution < 1.29 is 28.6 Å². The molecular weight excluding hydrogens is 456 g/mol. The van der Waals surface area contributed by atoms with Gasteiger partial charge in [0.1, 0.15) is 29.3 Å². The van der Waals surface area contributed by atoms with E-state index in [1.165, 1.54) is 13.0 Å². The number of hydrogen-bond donors (Lipinski definition) is 2. The lowest BCUT2D eigenvalue weighted by Crippen LogP contribution is -2.48. The van der Waals surface area contributed by atoms with E-state index in [1.807, 2.05) is 0 Å². The number of cyclic esters (lactones) is 1. The molecule has 0 saturated carbocycles. The van der Waals surface area contributed by atoms with Crippen LogP contribution in [-0.4, -0.2) is 30.6 Å². The van der Waals surface area contributed by atoms with Gasteiger partial charge in [-0.1, -0.05) is 28.6 Å². The molecule has 0 bridgehead atoms. The summed E-state index contributed by atoms with van der Waals surface area (Å²) in [6, 6.07) is 5.03. The predicted molar refractivity (Wildman–Crippen MR) is 112 cm³/mol. The molecule has 1 unspecified atom stereocenters. The van der Waals surface area contributed by atoms with Gasteiger partial charge in [-0.3, -0.25) is 0 Å². The van der Waals surface area contributed by atoms with Crippen molar-refractivity contribution in [1.29, 1.82) is 0 Å². The SMILES string of the molecule is C=CCOC(=O)C1=C(C)OC(=O)C12C(C(=O)OC(C)C)=C(N)Nc1ccc(Br)cc12. The molecule has 0 aliphatic carbocycles. The summed E-state index contributed by atoms with van der Waals surface area (Å²) in [6.45, 7) is 8.21. The van der Waals surface area contributed by atoms with Crippen molar-refractivity contribution >= 4 is 39.5 Å². The predicted octanol–water partition coefficient (Wildman–Crippen LogP) is 2.79. The van der Waals surface area contributed by atoms with Crippen LogP contribution in [0.4, 0.5) is 5.69 Å². The third-order valence-electron chi connectivity index (χ3n) is 4.66. The van der Waals surface area contributed by atoms with Crippen LogP contribution >= 0.6 is 15.9 Å². The lowest BCUT2D eigenvalue weighted by molar-refractivity contribution is -0.148. The Balaban J connectivity index is 2.36. The first-order valence-electron chi connectivity index (χ1n) is 9.14. The molecule has 0 amide bonds. The van der Waals surface area contributed by atoms with Crippen molar-refractivity contribution in [3.63, 3.8) is 0 Å². The summed E-state index contributed by atoms with van der Waals surface area (Å²) in [7, 11) is 0. The number of anilines is 1. The van der Waals surface area contributed by atoms with Crippen molar-refractivity contribution in [2.24, 2.45) is 5.73 Å². The van der Waals surface area contributed by atoms with Gasteiger partial charge in [-0.15, -0.1) is 0 Å². The van der Waals surface area contributed by atoms with E-state index in [9.17, 15) is 14.4 Å². The van der Waals surface area contributed by atoms with Gasteiger partial charge in [-0.2, -0.15) is 0 Å². The van der Waals surface area contributed by atoms with E-state index in [2.05, 4.69) is 27.8 Å². The topological polar surface area (TPSA) is 117 Å². The second kappa shape index (κ2) is 7.98. The van der Waals surface area contributed by atoms with Crippen LogP contribution in [0.2, 0.25) is 0 Å². The van der Waals surface area contributed by atoms with Gasteiger partial charge < -0.3 is 25.3 Å². The van der Waals surface area contributed by atoms with Gasteiger partial charge in [-0.05, 0) is 39.0 Å². The first kappa shape index (κ1) is 21.6. The zero-order valence-corrected chi connectivity index (χ0v) is 18.3. The van der Waals surface area contributed by atoms with Crippen LogP contribution in [0.25, 0.3) is 0 Å². The fourth-order valence-corrected chi connectivity index (χ4v) is 3.99. The number of nitrogens with two attached hydrogens (primary N) is 1. The summed E-state index contributed by atoms with van der Waals surface area (Å²) in [5.74, 6) is -2.61. The first-order valence-corrected chi connectivity index (χ1v) is 9.93. The van der Waals surface area contributed by atoms with Gasteiger partial charge >= 0.3 is 17.9 Å². The Kier molecular flexibility index (Phi) is 5.76. The zero-order valence-electron chi connectivity index (χ0n) is 16.7. The quantitative estimate of drug-likeness (QED) is 0.378. The van der Waals surface area contributed by atoms with Crippen molar-refractivity contribution in [2.75, 3.05) is 11.9 Å². The number of carbonyl (C=O) groups excluding carboxylic acids is 3. The summed E-state index contributed by atoms with van der Waals surface area (Å²) in [6.07, 6.45) is 0.904. The number of hydrogen-bond acceptors (Lipinski definition) is 8. The number of nitrogens with one attached hydrogen (secondary N) is 1. The molecular formula is C21H21BrN2O6. The number of ether oxygens (including phenoxy) is 3. The summed E-state index contributed by atoms with van der Waals surface area (Å²) in [5, 5.41) is 2.92. The Labute approximate surface area is 181 Å². The van der Waals surface area contributed by atoms with Gasteiger partial charge in [0.15, 0.2) is 5.41 Å². The molecule has 0 saturated heterocycles. The smallest absolute Gasteiger partial charge is 0.339 e. The molecule has 0 radical (unpaired) electrons. The van der Waals surface area contributed by atoms with Crippen molar-refractivity contribution in [3.8, 4) is 0 Å². The molecule has 3 N–H and O–H groups in total. The van der Waals surface area contributed by atoms with Crippen LogP contribution in [-0.2, 0) is 34.0 Å². The molecule has 2 aliphatic rings. The number of carbonyl (C=O) groups is 3. The molecule has 1 aromatic rings. The van der Waals surface area contributed by atoms with Crippen LogP contribution in [0, 0.1) is 0 Å². The zero-order chi connectivity index (χ0) is 22.2. The largest absolute Gasteiger partial charge is 0.459 e. The molecule has 9 heteroatoms. The molecule has 30 heavy (non-hydrogen) atoms. The molecule has 0 aromatic heterocycles. The van der Waals surface area contributed by atoms with E-state index in [0.29, 0.717) is 15.7 Å². The Morgan fingerprint density at radius 1 is 1.33 bits per heavy atom. The number of esters is 3. The Hall–Kier alpha value is -3.07. The van der Waals surface area contributed by atoms with E-state index in [0.717, 1.165) is 0 Å². The standard InChI is InChI=1S/C21H21BrN2O6/c1-5-8-28-18(25)15-11(4)30-20(27)21(15)13-9-12(22)6-7-14(13)24-17(23)16(21)19(26)29-10(2)3/h5-7,9-10,24H,1,8,23H2,2-4H3. The van der Waals surface area contributed by atoms with Gasteiger partial charge in [0, 0.05) is 15.7 Å². The number of allylic oxidation sites excluding steroid dienone is 1. The average Bonchev–Trinajstić information content (AvgIpc) is 2.90. The normalized spacial score (nSPS) is 20.1. The molecule has 2 heterocycles. The maximum atomic E-state index is 13.3. The molecule has 3 rings (SSSR count). The maximum Gasteiger partial charge on any atom is 0.339 e. The van der Waals surface area contributed by atoms with Crippen LogP contribution in [0.1, 0.15) is 26.3 Å². The van der Waals surface area contributed by atoms with Crippen LogP contribution in [0.15, 0.2) is 58.1 Å². The third-order valence-corrected chi connectivity index (χ3v) is 5.15. The Morgan fingerprint density at radius 2 is 2.03 bits per heavy atom. The number of fused-ring (bicyclic) bond motifs is 2. The summed E-state index contributed by atoms with van der Waals surface area (Å²) in [4.78, 5) is 39.5. The molecule has 1 aromatic carbocycles. The van der Waals surface area contributed by atoms with Crippen LogP contribution < -0.4 is 11.1 Å². The number of halogens is 1. The highest BCUT2D eigenvalue weighted by molar-refractivity contribution is 9.10. The Bertz CT molecular complexity index is 1030. The molecule has 1 atom stereocenters. The summed E-state index contributed by atoms with van der Waals surface area (Å²) >= 11 is 3.38. The minimum Gasteiger partial charge on any atom is -0.459 e. The lowest BCUT2D eigenvalue weighted by Gasteiger charge is -2.36. The van der Waals surface area contributed by atoms with E-state index >= 15 is 0 Å². The van der Waals surface area contributed by atoms with Crippen molar-refractivity contribution in [3.05, 3.63) is 63.6 Å². The van der Waals surface area contributed by atoms with E-state index in [-0.39, 0.29) is 29.3 Å².